The lowest BCUT2D eigenvalue weighted by atomic mass is 9.81. The van der Waals surface area contributed by atoms with Crippen LogP contribution in [0.1, 0.15) is 49.7 Å². The molecular formula is C29H36N4O7. The zero-order valence-corrected chi connectivity index (χ0v) is 23.0. The molecule has 0 spiro atoms. The smallest absolute Gasteiger partial charge is 0.327 e. The minimum Gasteiger partial charge on any atom is -0.493 e. The molecule has 0 aromatic heterocycles. The van der Waals surface area contributed by atoms with Crippen molar-refractivity contribution in [2.75, 3.05) is 27.3 Å². The Bertz CT molecular complexity index is 1250. The van der Waals surface area contributed by atoms with Gasteiger partial charge in [0.05, 0.1) is 25.1 Å². The SMILES string of the molecule is COc1ccc(CCNC(=O)CCCN2C(=O)C3CCCCC3N(Cc3cccc([N+](=O)[O-])c3)C2=O)cc1OC. The molecule has 40 heavy (non-hydrogen) atoms. The van der Waals surface area contributed by atoms with Gasteiger partial charge in [-0.25, -0.2) is 4.79 Å². The van der Waals surface area contributed by atoms with E-state index in [9.17, 15) is 24.5 Å². The minimum absolute atomic E-state index is 0.0350. The van der Waals surface area contributed by atoms with Crippen LogP contribution in [0.25, 0.3) is 0 Å². The quantitative estimate of drug-likeness (QED) is 0.310. The fourth-order valence-electron chi connectivity index (χ4n) is 5.59. The Morgan fingerprint density at radius 1 is 1.05 bits per heavy atom. The number of benzene rings is 2. The van der Waals surface area contributed by atoms with Gasteiger partial charge in [-0.15, -0.1) is 0 Å². The van der Waals surface area contributed by atoms with Crippen molar-refractivity contribution in [3.05, 3.63) is 63.7 Å². The predicted octanol–water partition coefficient (Wildman–Crippen LogP) is 4.07. The van der Waals surface area contributed by atoms with Crippen molar-refractivity contribution in [2.24, 2.45) is 5.92 Å². The van der Waals surface area contributed by atoms with E-state index in [4.69, 9.17) is 9.47 Å². The average Bonchev–Trinajstić information content (AvgIpc) is 2.97. The molecule has 2 aromatic rings. The number of nitro benzene ring substituents is 1. The number of urea groups is 1. The number of methoxy groups -OCH3 is 2. The van der Waals surface area contributed by atoms with Crippen LogP contribution in [0.4, 0.5) is 10.5 Å². The molecule has 2 unspecified atom stereocenters. The number of carbonyl (C=O) groups is 3. The highest BCUT2D eigenvalue weighted by Crippen LogP contribution is 2.36. The van der Waals surface area contributed by atoms with E-state index in [0.29, 0.717) is 42.9 Å². The molecule has 1 saturated carbocycles. The molecule has 2 aromatic carbocycles. The second-order valence-electron chi connectivity index (χ2n) is 10.2. The lowest BCUT2D eigenvalue weighted by Gasteiger charge is -2.47. The van der Waals surface area contributed by atoms with Crippen molar-refractivity contribution < 1.29 is 28.8 Å². The zero-order valence-electron chi connectivity index (χ0n) is 23.0. The van der Waals surface area contributed by atoms with Crippen LogP contribution >= 0.6 is 0 Å². The largest absolute Gasteiger partial charge is 0.493 e. The maximum Gasteiger partial charge on any atom is 0.327 e. The third kappa shape index (κ3) is 6.70. The van der Waals surface area contributed by atoms with Gasteiger partial charge < -0.3 is 19.7 Å². The van der Waals surface area contributed by atoms with Crippen molar-refractivity contribution in [1.29, 1.82) is 0 Å². The number of hydrogen-bond donors (Lipinski definition) is 1. The summed E-state index contributed by atoms with van der Waals surface area (Å²) in [6.07, 6.45) is 4.43. The average molecular weight is 553 g/mol. The summed E-state index contributed by atoms with van der Waals surface area (Å²) < 4.78 is 10.6. The molecule has 11 heteroatoms. The van der Waals surface area contributed by atoms with Crippen molar-refractivity contribution in [3.8, 4) is 11.5 Å². The fourth-order valence-corrected chi connectivity index (χ4v) is 5.59. The molecule has 1 heterocycles. The number of nitrogens with zero attached hydrogens (tertiary/aromatic N) is 3. The number of imide groups is 1. The minimum atomic E-state index is -0.459. The van der Waals surface area contributed by atoms with Crippen molar-refractivity contribution in [3.63, 3.8) is 0 Å². The van der Waals surface area contributed by atoms with E-state index in [2.05, 4.69) is 5.32 Å². The van der Waals surface area contributed by atoms with Gasteiger partial charge in [0.25, 0.3) is 5.69 Å². The highest BCUT2D eigenvalue weighted by atomic mass is 16.6. The van der Waals surface area contributed by atoms with Crippen molar-refractivity contribution in [2.45, 2.75) is 57.5 Å². The van der Waals surface area contributed by atoms with Crippen LogP contribution in [-0.2, 0) is 22.6 Å². The Hall–Kier alpha value is -4.15. The maximum absolute atomic E-state index is 13.5. The van der Waals surface area contributed by atoms with Crippen LogP contribution in [0.15, 0.2) is 42.5 Å². The van der Waals surface area contributed by atoms with Crippen LogP contribution in [0, 0.1) is 16.0 Å². The second-order valence-corrected chi connectivity index (χ2v) is 10.2. The Morgan fingerprint density at radius 3 is 2.58 bits per heavy atom. The summed E-state index contributed by atoms with van der Waals surface area (Å²) in [4.78, 5) is 53.0. The van der Waals surface area contributed by atoms with Crippen molar-refractivity contribution >= 4 is 23.5 Å². The number of nitro groups is 1. The maximum atomic E-state index is 13.5. The van der Waals surface area contributed by atoms with Crippen LogP contribution in [0.3, 0.4) is 0 Å². The first-order valence-electron chi connectivity index (χ1n) is 13.6. The van der Waals surface area contributed by atoms with Crippen LogP contribution in [0.2, 0.25) is 0 Å². The van der Waals surface area contributed by atoms with E-state index in [1.807, 2.05) is 18.2 Å². The van der Waals surface area contributed by atoms with Gasteiger partial charge in [-0.2, -0.15) is 0 Å². The Balaban J connectivity index is 1.32. The second kappa shape index (κ2) is 13.3. The first kappa shape index (κ1) is 28.8. The van der Waals surface area contributed by atoms with E-state index in [-0.39, 0.29) is 49.0 Å². The van der Waals surface area contributed by atoms with E-state index in [1.165, 1.54) is 17.0 Å². The molecule has 0 radical (unpaired) electrons. The third-order valence-electron chi connectivity index (χ3n) is 7.63. The molecule has 4 amide bonds. The highest BCUT2D eigenvalue weighted by Gasteiger charge is 2.46. The Kier molecular flexibility index (Phi) is 9.57. The van der Waals surface area contributed by atoms with E-state index in [0.717, 1.165) is 24.8 Å². The van der Waals surface area contributed by atoms with Crippen LogP contribution < -0.4 is 14.8 Å². The topological polar surface area (TPSA) is 131 Å². The first-order chi connectivity index (χ1) is 19.3. The molecule has 214 valence electrons. The van der Waals surface area contributed by atoms with Gasteiger partial charge >= 0.3 is 6.03 Å². The monoisotopic (exact) mass is 552 g/mol. The summed E-state index contributed by atoms with van der Waals surface area (Å²) in [5.74, 6) is 0.642. The molecule has 4 rings (SSSR count). The van der Waals surface area contributed by atoms with Gasteiger partial charge in [0.15, 0.2) is 11.5 Å². The molecular weight excluding hydrogens is 516 g/mol. The zero-order chi connectivity index (χ0) is 28.6. The number of non-ortho nitro benzene ring substituents is 1. The first-order valence-corrected chi connectivity index (χ1v) is 13.6. The standard InChI is InChI=1S/C29H36N4O7/c1-39-25-13-12-20(18-26(25)40-2)14-15-30-27(34)11-6-16-31-28(35)23-9-3-4-10-24(23)32(29(31)36)19-21-7-5-8-22(17-21)33(37)38/h5,7-8,12-13,17-18,23-24H,3-4,6,9-11,14-16,19H2,1-2H3,(H,30,34). The Morgan fingerprint density at radius 2 is 1.82 bits per heavy atom. The molecule has 2 atom stereocenters. The van der Waals surface area contributed by atoms with E-state index < -0.39 is 11.0 Å². The molecule has 1 aliphatic carbocycles. The Labute approximate surface area is 233 Å². The van der Waals surface area contributed by atoms with Gasteiger partial charge in [0.1, 0.15) is 0 Å². The lowest BCUT2D eigenvalue weighted by Crippen LogP contribution is -2.62. The summed E-state index contributed by atoms with van der Waals surface area (Å²) in [5, 5.41) is 14.1. The normalized spacial score (nSPS) is 18.8. The van der Waals surface area contributed by atoms with E-state index in [1.54, 1.807) is 31.3 Å². The number of hydrogen-bond acceptors (Lipinski definition) is 7. The third-order valence-corrected chi connectivity index (χ3v) is 7.63. The number of carbonyl (C=O) groups excluding carboxylic acids is 3. The number of amides is 4. The molecule has 2 fully saturated rings. The van der Waals surface area contributed by atoms with Crippen LogP contribution in [-0.4, -0.2) is 65.9 Å². The summed E-state index contributed by atoms with van der Waals surface area (Å²) in [7, 11) is 3.15. The van der Waals surface area contributed by atoms with Gasteiger partial charge in [0, 0.05) is 44.2 Å². The molecule has 1 saturated heterocycles. The summed E-state index contributed by atoms with van der Waals surface area (Å²) >= 11 is 0. The number of nitrogens with one attached hydrogen (secondary N) is 1. The summed E-state index contributed by atoms with van der Waals surface area (Å²) in [6, 6.07) is 11.2. The fraction of sp³-hybridized carbons (Fsp3) is 0.483. The number of rotatable bonds is 12. The molecule has 11 nitrogen and oxygen atoms in total. The van der Waals surface area contributed by atoms with Gasteiger partial charge in [0.2, 0.25) is 11.8 Å². The number of fused-ring (bicyclic) bond motifs is 1. The lowest BCUT2D eigenvalue weighted by molar-refractivity contribution is -0.384. The molecule has 1 aliphatic heterocycles. The van der Waals surface area contributed by atoms with Gasteiger partial charge in [-0.05, 0) is 48.9 Å². The molecule has 0 bridgehead atoms. The van der Waals surface area contributed by atoms with Crippen LogP contribution in [0.5, 0.6) is 11.5 Å². The predicted molar refractivity (Wildman–Crippen MR) is 147 cm³/mol. The van der Waals surface area contributed by atoms with Crippen molar-refractivity contribution in [1.82, 2.24) is 15.1 Å². The highest BCUT2D eigenvalue weighted by molar-refractivity contribution is 5.98. The molecule has 2 aliphatic rings. The summed E-state index contributed by atoms with van der Waals surface area (Å²) in [5.41, 5.74) is 1.61. The van der Waals surface area contributed by atoms with E-state index >= 15 is 0 Å². The van der Waals surface area contributed by atoms with Gasteiger partial charge in [-0.1, -0.05) is 31.0 Å². The van der Waals surface area contributed by atoms with Gasteiger partial charge in [-0.3, -0.25) is 24.6 Å². The summed E-state index contributed by atoms with van der Waals surface area (Å²) in [6.45, 7) is 0.786. The number of ether oxygens (including phenoxy) is 2. The molecule has 1 N–H and O–H groups in total.